The minimum atomic E-state index is -0.472. The molecule has 0 unspecified atom stereocenters. The van der Waals surface area contributed by atoms with Gasteiger partial charge in [0.05, 0.1) is 13.7 Å². The number of methoxy groups -OCH3 is 1. The van der Waals surface area contributed by atoms with Crippen LogP contribution in [-0.4, -0.2) is 21.6 Å². The molecule has 0 aliphatic rings. The van der Waals surface area contributed by atoms with Gasteiger partial charge in [-0.15, -0.1) is 0 Å². The predicted octanol–water partition coefficient (Wildman–Crippen LogP) is 2.16. The fourth-order valence-electron chi connectivity index (χ4n) is 1.70. The maximum atomic E-state index is 10.7. The zero-order valence-corrected chi connectivity index (χ0v) is 10.2. The Bertz CT molecular complexity index is 560. The van der Waals surface area contributed by atoms with Crippen molar-refractivity contribution in [3.8, 4) is 5.75 Å². The number of nitro groups is 1. The van der Waals surface area contributed by atoms with Gasteiger partial charge in [-0.05, 0) is 34.5 Å². The molecule has 0 amide bonds. The lowest BCUT2D eigenvalue weighted by Gasteiger charge is -2.05. The van der Waals surface area contributed by atoms with Gasteiger partial charge in [0.15, 0.2) is 0 Å². The van der Waals surface area contributed by atoms with Crippen LogP contribution in [0.1, 0.15) is 11.3 Å². The van der Waals surface area contributed by atoms with Crippen molar-refractivity contribution < 1.29 is 9.66 Å². The molecule has 1 aromatic carbocycles. The summed E-state index contributed by atoms with van der Waals surface area (Å²) < 4.78 is 6.82. The molecule has 0 saturated carbocycles. The Kier molecular flexibility index (Phi) is 3.27. The first-order chi connectivity index (χ1) is 8.61. The van der Waals surface area contributed by atoms with Crippen LogP contribution in [0, 0.1) is 17.0 Å². The smallest absolute Gasteiger partial charge is 0.384 e. The summed E-state index contributed by atoms with van der Waals surface area (Å²) in [5.74, 6) is 0.690. The van der Waals surface area contributed by atoms with Crippen molar-refractivity contribution in [2.45, 2.75) is 13.5 Å². The molecule has 0 fully saturated rings. The molecular weight excluding hydrogens is 234 g/mol. The van der Waals surface area contributed by atoms with Gasteiger partial charge in [0, 0.05) is 0 Å². The van der Waals surface area contributed by atoms with Gasteiger partial charge in [-0.1, -0.05) is 12.1 Å². The van der Waals surface area contributed by atoms with Gasteiger partial charge in [0.1, 0.15) is 11.4 Å². The third-order valence-corrected chi connectivity index (χ3v) is 2.76. The third kappa shape index (κ3) is 2.32. The molecule has 0 saturated heterocycles. The predicted molar refractivity (Wildman–Crippen MR) is 65.7 cm³/mol. The van der Waals surface area contributed by atoms with Crippen LogP contribution in [0.15, 0.2) is 30.6 Å². The molecule has 0 aliphatic heterocycles. The summed E-state index contributed by atoms with van der Waals surface area (Å²) in [7, 11) is 1.61. The molecule has 94 valence electrons. The summed E-state index contributed by atoms with van der Waals surface area (Å²) in [4.78, 5) is 14.0. The third-order valence-electron chi connectivity index (χ3n) is 2.76. The van der Waals surface area contributed by atoms with Gasteiger partial charge in [-0.2, -0.15) is 0 Å². The summed E-state index contributed by atoms with van der Waals surface area (Å²) >= 11 is 0. The van der Waals surface area contributed by atoms with Crippen molar-refractivity contribution in [2.24, 2.45) is 0 Å². The Labute approximate surface area is 104 Å². The Hall–Kier alpha value is -2.37. The average Bonchev–Trinajstić information content (AvgIpc) is 2.72. The number of rotatable bonds is 4. The Morgan fingerprint density at radius 3 is 2.56 bits per heavy atom. The molecule has 18 heavy (non-hydrogen) atoms. The average molecular weight is 247 g/mol. The maximum Gasteiger partial charge on any atom is 0.384 e. The minimum absolute atomic E-state index is 0.0940. The summed E-state index contributed by atoms with van der Waals surface area (Å²) in [5, 5.41) is 10.7. The van der Waals surface area contributed by atoms with E-state index in [9.17, 15) is 10.1 Å². The number of nitrogens with zero attached hydrogens (tertiary/aromatic N) is 3. The first kappa shape index (κ1) is 12.1. The molecule has 1 heterocycles. The van der Waals surface area contributed by atoms with Crippen molar-refractivity contribution in [1.82, 2.24) is 9.55 Å². The number of hydrogen-bond acceptors (Lipinski definition) is 4. The molecule has 1 aromatic heterocycles. The van der Waals surface area contributed by atoms with E-state index in [2.05, 4.69) is 4.98 Å². The molecule has 2 rings (SSSR count). The monoisotopic (exact) mass is 247 g/mol. The van der Waals surface area contributed by atoms with E-state index in [4.69, 9.17) is 4.74 Å². The van der Waals surface area contributed by atoms with Crippen molar-refractivity contribution in [3.05, 3.63) is 52.0 Å². The number of ether oxygens (including phenoxy) is 1. The van der Waals surface area contributed by atoms with Gasteiger partial charge in [-0.25, -0.2) is 0 Å². The van der Waals surface area contributed by atoms with Crippen LogP contribution < -0.4 is 4.74 Å². The topological polar surface area (TPSA) is 70.2 Å². The summed E-state index contributed by atoms with van der Waals surface area (Å²) in [5.41, 5.74) is 1.59. The number of imidazole rings is 1. The molecule has 6 nitrogen and oxygen atoms in total. The van der Waals surface area contributed by atoms with Crippen molar-refractivity contribution in [2.75, 3.05) is 7.11 Å². The van der Waals surface area contributed by atoms with Gasteiger partial charge in [0.25, 0.3) is 0 Å². The highest BCUT2D eigenvalue weighted by molar-refractivity contribution is 5.30. The van der Waals surface area contributed by atoms with Crippen LogP contribution >= 0.6 is 0 Å². The summed E-state index contributed by atoms with van der Waals surface area (Å²) in [6, 6.07) is 7.56. The molecule has 0 N–H and O–H groups in total. The van der Waals surface area contributed by atoms with E-state index in [1.54, 1.807) is 18.6 Å². The molecule has 0 atom stereocenters. The van der Waals surface area contributed by atoms with Crippen molar-refractivity contribution >= 4 is 5.82 Å². The van der Waals surface area contributed by atoms with E-state index in [1.807, 2.05) is 24.3 Å². The normalized spacial score (nSPS) is 10.3. The van der Waals surface area contributed by atoms with Crippen LogP contribution in [0.4, 0.5) is 5.82 Å². The van der Waals surface area contributed by atoms with Crippen LogP contribution in [0.2, 0.25) is 0 Å². The second-order valence-electron chi connectivity index (χ2n) is 3.89. The van der Waals surface area contributed by atoms with Crippen molar-refractivity contribution in [1.29, 1.82) is 0 Å². The maximum absolute atomic E-state index is 10.7. The molecular formula is C12H13N3O3. The molecule has 0 bridgehead atoms. The second-order valence-corrected chi connectivity index (χ2v) is 3.89. The highest BCUT2D eigenvalue weighted by Crippen LogP contribution is 2.17. The van der Waals surface area contributed by atoms with Crippen LogP contribution in [0.5, 0.6) is 5.75 Å². The minimum Gasteiger partial charge on any atom is -0.497 e. The lowest BCUT2D eigenvalue weighted by atomic mass is 10.2. The standard InChI is InChI=1S/C12H13N3O3/c1-9-12(15(16)17)13-8-14(9)7-10-3-5-11(18-2)6-4-10/h3-6,8H,7H2,1-2H3. The quantitative estimate of drug-likeness (QED) is 0.613. The van der Waals surface area contributed by atoms with E-state index in [-0.39, 0.29) is 5.82 Å². The zero-order valence-electron chi connectivity index (χ0n) is 10.2. The first-order valence-electron chi connectivity index (χ1n) is 5.41. The molecule has 0 radical (unpaired) electrons. The van der Waals surface area contributed by atoms with Crippen LogP contribution in [-0.2, 0) is 6.54 Å². The van der Waals surface area contributed by atoms with Gasteiger partial charge < -0.3 is 19.4 Å². The fourth-order valence-corrected chi connectivity index (χ4v) is 1.70. The zero-order chi connectivity index (χ0) is 13.1. The molecule has 6 heteroatoms. The van der Waals surface area contributed by atoms with E-state index >= 15 is 0 Å². The lowest BCUT2D eigenvalue weighted by molar-refractivity contribution is -0.389. The van der Waals surface area contributed by atoms with Crippen LogP contribution in [0.3, 0.4) is 0 Å². The number of aromatic nitrogens is 2. The lowest BCUT2D eigenvalue weighted by Crippen LogP contribution is -2.01. The van der Waals surface area contributed by atoms with E-state index in [1.165, 1.54) is 6.33 Å². The highest BCUT2D eigenvalue weighted by atomic mass is 16.6. The van der Waals surface area contributed by atoms with Gasteiger partial charge in [0.2, 0.25) is 6.33 Å². The van der Waals surface area contributed by atoms with E-state index < -0.39 is 4.92 Å². The SMILES string of the molecule is COc1ccc(Cn2cnc([N+](=O)[O-])c2C)cc1. The van der Waals surface area contributed by atoms with E-state index in [0.29, 0.717) is 12.2 Å². The fraction of sp³-hybridized carbons (Fsp3) is 0.250. The Balaban J connectivity index is 2.20. The van der Waals surface area contributed by atoms with Crippen molar-refractivity contribution in [3.63, 3.8) is 0 Å². The molecule has 0 spiro atoms. The van der Waals surface area contributed by atoms with Crippen LogP contribution in [0.25, 0.3) is 0 Å². The summed E-state index contributed by atoms with van der Waals surface area (Å²) in [6.07, 6.45) is 1.48. The number of benzene rings is 1. The van der Waals surface area contributed by atoms with E-state index in [0.717, 1.165) is 11.3 Å². The molecule has 2 aromatic rings. The Morgan fingerprint density at radius 1 is 1.39 bits per heavy atom. The largest absolute Gasteiger partial charge is 0.497 e. The summed E-state index contributed by atoms with van der Waals surface area (Å²) in [6.45, 7) is 2.24. The van der Waals surface area contributed by atoms with Gasteiger partial charge in [-0.3, -0.25) is 0 Å². The number of hydrogen-bond donors (Lipinski definition) is 0. The first-order valence-corrected chi connectivity index (χ1v) is 5.41. The highest BCUT2D eigenvalue weighted by Gasteiger charge is 2.17. The van der Waals surface area contributed by atoms with Gasteiger partial charge >= 0.3 is 5.82 Å². The molecule has 0 aliphatic carbocycles. The second kappa shape index (κ2) is 4.87. The Morgan fingerprint density at radius 2 is 2.06 bits per heavy atom.